The number of amides is 3. The van der Waals surface area contributed by atoms with Gasteiger partial charge in [0, 0.05) is 38.4 Å². The third-order valence-electron chi connectivity index (χ3n) is 10.5. The number of alkyl halides is 2. The number of quaternary nitrogens is 1. The molecule has 14 atom stereocenters. The Morgan fingerprint density at radius 3 is 2.67 bits per heavy atom. The van der Waals surface area contributed by atoms with Crippen molar-refractivity contribution in [1.82, 2.24) is 30.7 Å². The lowest BCUT2D eigenvalue weighted by atomic mass is 9.70. The number of hydroxylamine groups is 2. The quantitative estimate of drug-likeness (QED) is 0.263. The first-order valence-corrected chi connectivity index (χ1v) is 14.8. The van der Waals surface area contributed by atoms with Crippen LogP contribution in [0.2, 0.25) is 0 Å². The molecule has 4 N–H and O–H groups in total. The van der Waals surface area contributed by atoms with E-state index in [1.54, 1.807) is 9.80 Å². The highest BCUT2D eigenvalue weighted by atomic mass is 19.1. The predicted molar refractivity (Wildman–Crippen MR) is 142 cm³/mol. The first kappa shape index (κ1) is 28.2. The Morgan fingerprint density at radius 1 is 1.18 bits per heavy atom. The summed E-state index contributed by atoms with van der Waals surface area (Å²) in [6.45, 7) is 11.3. The fourth-order valence-corrected chi connectivity index (χ4v) is 8.52. The monoisotopic (exact) mass is 567 g/mol. The van der Waals surface area contributed by atoms with Crippen LogP contribution in [0.25, 0.3) is 0 Å². The van der Waals surface area contributed by atoms with E-state index in [1.165, 1.54) is 6.08 Å². The van der Waals surface area contributed by atoms with Crippen LogP contribution in [-0.4, -0.2) is 114 Å². The minimum atomic E-state index is -1.55. The molecule has 224 valence electrons. The van der Waals surface area contributed by atoms with Gasteiger partial charge in [-0.2, -0.15) is 0 Å². The van der Waals surface area contributed by atoms with Crippen LogP contribution in [-0.2, 0) is 9.53 Å². The summed E-state index contributed by atoms with van der Waals surface area (Å²) in [7, 11) is 0. The van der Waals surface area contributed by atoms with Crippen LogP contribution in [0.1, 0.15) is 40.0 Å². The largest absolute Gasteiger partial charge is 0.632 e. The smallest absolute Gasteiger partial charge is 0.323 e. The van der Waals surface area contributed by atoms with Gasteiger partial charge in [0.25, 0.3) is 0 Å². The van der Waals surface area contributed by atoms with Crippen LogP contribution in [0.5, 0.6) is 0 Å². The summed E-state index contributed by atoms with van der Waals surface area (Å²) in [6, 6.07) is -2.47. The Balaban J connectivity index is 1.40. The van der Waals surface area contributed by atoms with Gasteiger partial charge in [0.15, 0.2) is 12.3 Å². The zero-order chi connectivity index (χ0) is 28.5. The number of fused-ring (bicyclic) bond motifs is 5. The first-order valence-electron chi connectivity index (χ1n) is 14.8. The minimum absolute atomic E-state index is 0.0397. The van der Waals surface area contributed by atoms with E-state index in [2.05, 4.69) is 27.4 Å². The highest BCUT2D eigenvalue weighted by molar-refractivity contribution is 5.87. The standard InChI is InChI=1S/C27H43F2N7O4/c1-5-19(37)33-8-9-34(14(3)11-33)24-16-10-18(29)22-20-17(28)7-6-13(2)23(20)40-25-21(15(4)30-12-31-25)35(27(38)32-24)26(16)36(22)39/h5,13-18,20-26,30-31,36H,1,6-12H2,2-4H3,(H,32,38)/t13?,14-,15?,16?,17?,18?,20?,21?,22?,23?,24?,25?,26?/m0/s1. The number of hydrogen-bond donors (Lipinski definition) is 4. The van der Waals surface area contributed by atoms with Gasteiger partial charge in [-0.1, -0.05) is 13.5 Å². The van der Waals surface area contributed by atoms with Crippen LogP contribution in [0.3, 0.4) is 0 Å². The van der Waals surface area contributed by atoms with Gasteiger partial charge in [0.2, 0.25) is 5.91 Å². The van der Waals surface area contributed by atoms with Crippen molar-refractivity contribution in [2.24, 2.45) is 17.8 Å². The fourth-order valence-electron chi connectivity index (χ4n) is 8.52. The molecule has 11 nitrogen and oxygen atoms in total. The van der Waals surface area contributed by atoms with E-state index in [0.717, 1.165) is 0 Å². The molecule has 0 aromatic rings. The molecule has 0 aromatic carbocycles. The molecule has 6 aliphatic rings. The molecule has 6 rings (SSSR count). The number of nitrogens with zero attached hydrogens (tertiary/aromatic N) is 3. The second-order valence-corrected chi connectivity index (χ2v) is 12.7. The lowest BCUT2D eigenvalue weighted by Gasteiger charge is -2.60. The maximum atomic E-state index is 16.3. The van der Waals surface area contributed by atoms with Gasteiger partial charge in [-0.05, 0) is 45.1 Å². The zero-order valence-corrected chi connectivity index (χ0v) is 23.5. The van der Waals surface area contributed by atoms with Crippen molar-refractivity contribution in [2.45, 2.75) is 101 Å². The molecule has 13 heteroatoms. The van der Waals surface area contributed by atoms with Crippen molar-refractivity contribution in [2.75, 3.05) is 26.3 Å². The maximum absolute atomic E-state index is 16.3. The number of hydrogen-bond acceptors (Lipinski definition) is 7. The lowest BCUT2D eigenvalue weighted by Crippen LogP contribution is -3.22. The van der Waals surface area contributed by atoms with Gasteiger partial charge in [-0.25, -0.2) is 13.6 Å². The van der Waals surface area contributed by atoms with Crippen LogP contribution < -0.4 is 21.0 Å². The van der Waals surface area contributed by atoms with Crippen molar-refractivity contribution in [3.63, 3.8) is 0 Å². The van der Waals surface area contributed by atoms with Crippen molar-refractivity contribution >= 4 is 11.9 Å². The van der Waals surface area contributed by atoms with Gasteiger partial charge in [-0.15, -0.1) is 0 Å². The Kier molecular flexibility index (Phi) is 7.58. The predicted octanol–water partition coefficient (Wildman–Crippen LogP) is -0.492. The number of nitrogens with one attached hydrogen (secondary N) is 4. The van der Waals surface area contributed by atoms with Crippen molar-refractivity contribution in [3.05, 3.63) is 17.9 Å². The minimum Gasteiger partial charge on any atom is -0.632 e. The molecule has 5 saturated heterocycles. The van der Waals surface area contributed by atoms with E-state index < -0.39 is 67.0 Å². The molecule has 5 aliphatic heterocycles. The van der Waals surface area contributed by atoms with E-state index in [9.17, 15) is 14.8 Å². The second-order valence-electron chi connectivity index (χ2n) is 12.7. The number of piperidine rings is 1. The number of ether oxygens (including phenoxy) is 1. The summed E-state index contributed by atoms with van der Waals surface area (Å²) >= 11 is 0. The van der Waals surface area contributed by atoms with Crippen molar-refractivity contribution < 1.29 is 28.2 Å². The zero-order valence-electron chi connectivity index (χ0n) is 23.5. The molecule has 0 radical (unpaired) electrons. The van der Waals surface area contributed by atoms with Crippen molar-refractivity contribution in [1.29, 1.82) is 0 Å². The molecule has 1 aliphatic carbocycles. The topological polar surface area (TPSA) is 117 Å². The molecule has 1 saturated carbocycles. The van der Waals surface area contributed by atoms with Gasteiger partial charge < -0.3 is 25.2 Å². The average molecular weight is 568 g/mol. The molecular formula is C27H43F2N7O4. The van der Waals surface area contributed by atoms with Gasteiger partial charge >= 0.3 is 6.03 Å². The van der Waals surface area contributed by atoms with Crippen LogP contribution in [0.15, 0.2) is 12.7 Å². The number of rotatable bonds is 2. The fraction of sp³-hybridized carbons (Fsp3) is 0.852. The van der Waals surface area contributed by atoms with Crippen molar-refractivity contribution in [3.8, 4) is 0 Å². The molecule has 13 unspecified atom stereocenters. The average Bonchev–Trinajstić information content (AvgIpc) is 2.96. The third-order valence-corrected chi connectivity index (χ3v) is 10.5. The number of urea groups is 1. The summed E-state index contributed by atoms with van der Waals surface area (Å²) in [5.74, 6) is -1.63. The maximum Gasteiger partial charge on any atom is 0.323 e. The number of carbonyl (C=O) groups excluding carboxylic acids is 2. The van der Waals surface area contributed by atoms with E-state index >= 15 is 8.78 Å². The molecule has 0 spiro atoms. The lowest BCUT2D eigenvalue weighted by molar-refractivity contribution is -0.933. The Hall–Kier alpha value is -1.90. The Morgan fingerprint density at radius 2 is 1.95 bits per heavy atom. The van der Waals surface area contributed by atoms with E-state index in [0.29, 0.717) is 32.7 Å². The molecule has 3 amide bonds. The Bertz CT molecular complexity index is 1010. The number of halogens is 2. The van der Waals surface area contributed by atoms with E-state index in [4.69, 9.17) is 4.74 Å². The summed E-state index contributed by atoms with van der Waals surface area (Å²) in [5, 5.41) is 23.9. The summed E-state index contributed by atoms with van der Waals surface area (Å²) in [5.41, 5.74) is 0. The van der Waals surface area contributed by atoms with Crippen LogP contribution in [0, 0.1) is 23.0 Å². The summed E-state index contributed by atoms with van der Waals surface area (Å²) in [4.78, 5) is 31.6. The normalized spacial score (nSPS) is 49.5. The third kappa shape index (κ3) is 4.44. The highest BCUT2D eigenvalue weighted by Crippen LogP contribution is 2.43. The summed E-state index contributed by atoms with van der Waals surface area (Å²) in [6.07, 6.45) is -3.45. The molecular weight excluding hydrogens is 524 g/mol. The molecule has 5 heterocycles. The highest BCUT2D eigenvalue weighted by Gasteiger charge is 2.63. The first-order chi connectivity index (χ1) is 19.1. The second kappa shape index (κ2) is 10.7. The number of carbonyl (C=O) groups is 2. The SMILES string of the molecule is C=CC(=O)N1CCN(C2NC(=O)N3C4C(C)NCNC4OC4C(C)CCC(F)C4C4C(F)CC2C3[NH+]4[O-])[C@@H](C)C1. The molecule has 2 bridgehead atoms. The van der Waals surface area contributed by atoms with E-state index in [1.807, 2.05) is 20.8 Å². The van der Waals surface area contributed by atoms with E-state index in [-0.39, 0.29) is 41.8 Å². The van der Waals surface area contributed by atoms with Gasteiger partial charge in [0.1, 0.15) is 18.4 Å². The molecule has 40 heavy (non-hydrogen) atoms. The number of piperazine rings is 1. The Labute approximate surface area is 234 Å². The van der Waals surface area contributed by atoms with Gasteiger partial charge in [0.05, 0.1) is 30.1 Å². The summed E-state index contributed by atoms with van der Waals surface area (Å²) < 4.78 is 38.6. The van der Waals surface area contributed by atoms with Crippen LogP contribution >= 0.6 is 0 Å². The molecule has 0 aromatic heterocycles. The molecule has 6 fully saturated rings. The van der Waals surface area contributed by atoms with Crippen LogP contribution in [0.4, 0.5) is 13.6 Å². The van der Waals surface area contributed by atoms with Gasteiger partial charge in [-0.3, -0.25) is 25.2 Å².